The van der Waals surface area contributed by atoms with E-state index in [-0.39, 0.29) is 18.0 Å². The number of amides is 1. The van der Waals surface area contributed by atoms with Gasteiger partial charge in [0.25, 0.3) is 5.91 Å². The Kier molecular flexibility index (Phi) is 4.73. The number of carbonyl (C=O) groups is 1. The van der Waals surface area contributed by atoms with Gasteiger partial charge in [-0.3, -0.25) is 9.48 Å². The maximum atomic E-state index is 12.5. The van der Waals surface area contributed by atoms with Crippen LogP contribution < -0.4 is 0 Å². The third kappa shape index (κ3) is 2.87. The smallest absolute Gasteiger partial charge is 0.272 e. The van der Waals surface area contributed by atoms with E-state index in [0.717, 1.165) is 12.8 Å². The van der Waals surface area contributed by atoms with Crippen LogP contribution in [0.1, 0.15) is 51.0 Å². The molecule has 0 aliphatic carbocycles. The van der Waals surface area contributed by atoms with Crippen molar-refractivity contribution in [3.05, 3.63) is 18.0 Å². The highest BCUT2D eigenvalue weighted by atomic mass is 16.2. The molecule has 96 valence electrons. The van der Waals surface area contributed by atoms with E-state index in [9.17, 15) is 4.79 Å². The summed E-state index contributed by atoms with van der Waals surface area (Å²) in [4.78, 5) is 14.5. The predicted molar refractivity (Wildman–Crippen MR) is 68.9 cm³/mol. The molecule has 1 heterocycles. The van der Waals surface area contributed by atoms with Crippen molar-refractivity contribution in [2.24, 2.45) is 7.05 Å². The molecule has 1 aromatic rings. The summed E-state index contributed by atoms with van der Waals surface area (Å²) >= 11 is 0. The van der Waals surface area contributed by atoms with Gasteiger partial charge in [-0.25, -0.2) is 0 Å². The van der Waals surface area contributed by atoms with Gasteiger partial charge in [-0.2, -0.15) is 5.10 Å². The Hall–Kier alpha value is -1.32. The first-order valence-electron chi connectivity index (χ1n) is 6.33. The molecule has 0 unspecified atom stereocenters. The third-order valence-electron chi connectivity index (χ3n) is 3.41. The maximum Gasteiger partial charge on any atom is 0.272 e. The van der Waals surface area contributed by atoms with Crippen LogP contribution in [0.2, 0.25) is 0 Å². The fourth-order valence-electron chi connectivity index (χ4n) is 1.94. The lowest BCUT2D eigenvalue weighted by molar-refractivity contribution is 0.0587. The molecule has 1 aromatic heterocycles. The van der Waals surface area contributed by atoms with Crippen molar-refractivity contribution in [3.63, 3.8) is 0 Å². The second-order valence-electron chi connectivity index (χ2n) is 4.57. The number of hydrogen-bond donors (Lipinski definition) is 0. The van der Waals surface area contributed by atoms with E-state index in [1.54, 1.807) is 24.0 Å². The second kappa shape index (κ2) is 5.84. The number of aryl methyl sites for hydroxylation is 1. The number of hydrogen-bond acceptors (Lipinski definition) is 2. The van der Waals surface area contributed by atoms with E-state index < -0.39 is 0 Å². The van der Waals surface area contributed by atoms with Crippen LogP contribution in [0.4, 0.5) is 0 Å². The van der Waals surface area contributed by atoms with Gasteiger partial charge in [0.1, 0.15) is 5.69 Å². The lowest BCUT2D eigenvalue weighted by Crippen LogP contribution is -2.44. The minimum Gasteiger partial charge on any atom is -0.332 e. The summed E-state index contributed by atoms with van der Waals surface area (Å²) in [5, 5.41) is 4.06. The first-order valence-corrected chi connectivity index (χ1v) is 6.33. The third-order valence-corrected chi connectivity index (χ3v) is 3.41. The van der Waals surface area contributed by atoms with Gasteiger partial charge in [-0.15, -0.1) is 0 Å². The fourth-order valence-corrected chi connectivity index (χ4v) is 1.94. The molecule has 0 spiro atoms. The summed E-state index contributed by atoms with van der Waals surface area (Å²) in [7, 11) is 1.80. The number of aromatic nitrogens is 2. The van der Waals surface area contributed by atoms with E-state index in [0.29, 0.717) is 5.69 Å². The van der Waals surface area contributed by atoms with Crippen LogP contribution in [0.5, 0.6) is 0 Å². The van der Waals surface area contributed by atoms with E-state index in [2.05, 4.69) is 32.8 Å². The molecule has 0 aliphatic heterocycles. The molecule has 0 aliphatic rings. The van der Waals surface area contributed by atoms with Crippen LogP contribution in [0.25, 0.3) is 0 Å². The molecular weight excluding hydrogens is 214 g/mol. The second-order valence-corrected chi connectivity index (χ2v) is 4.57. The van der Waals surface area contributed by atoms with Crippen molar-refractivity contribution in [2.75, 3.05) is 0 Å². The Morgan fingerprint density at radius 1 is 1.35 bits per heavy atom. The topological polar surface area (TPSA) is 38.1 Å². The predicted octanol–water partition coefficient (Wildman–Crippen LogP) is 2.46. The highest BCUT2D eigenvalue weighted by molar-refractivity contribution is 5.92. The van der Waals surface area contributed by atoms with E-state index in [1.165, 1.54) is 0 Å². The average Bonchev–Trinajstić information content (AvgIpc) is 2.74. The van der Waals surface area contributed by atoms with Crippen LogP contribution in [-0.4, -0.2) is 32.7 Å². The minimum absolute atomic E-state index is 0.0775. The summed E-state index contributed by atoms with van der Waals surface area (Å²) in [5.74, 6) is 0.0775. The Morgan fingerprint density at radius 3 is 2.24 bits per heavy atom. The molecule has 4 heteroatoms. The molecule has 0 N–H and O–H groups in total. The zero-order valence-electron chi connectivity index (χ0n) is 11.5. The van der Waals surface area contributed by atoms with Gasteiger partial charge < -0.3 is 4.90 Å². The van der Waals surface area contributed by atoms with Crippen molar-refractivity contribution in [2.45, 2.75) is 52.6 Å². The fraction of sp³-hybridized carbons (Fsp3) is 0.692. The molecule has 2 atom stereocenters. The highest BCUT2D eigenvalue weighted by Crippen LogP contribution is 2.15. The van der Waals surface area contributed by atoms with Gasteiger partial charge in [0.2, 0.25) is 0 Å². The Bertz CT molecular complexity index is 362. The number of rotatable bonds is 5. The lowest BCUT2D eigenvalue weighted by atomic mass is 10.1. The van der Waals surface area contributed by atoms with Crippen LogP contribution >= 0.6 is 0 Å². The monoisotopic (exact) mass is 237 g/mol. The first kappa shape index (κ1) is 13.7. The molecule has 0 saturated carbocycles. The van der Waals surface area contributed by atoms with Crippen LogP contribution in [0, 0.1) is 0 Å². The van der Waals surface area contributed by atoms with E-state index in [4.69, 9.17) is 0 Å². The minimum atomic E-state index is 0.0775. The SMILES string of the molecule is CC[C@@H](C)N(C(=O)c1ccnn1C)[C@@H](C)CC. The van der Waals surface area contributed by atoms with Crippen molar-refractivity contribution >= 4 is 5.91 Å². The molecule has 1 rings (SSSR count). The molecule has 4 nitrogen and oxygen atoms in total. The average molecular weight is 237 g/mol. The van der Waals surface area contributed by atoms with Gasteiger partial charge in [-0.1, -0.05) is 13.8 Å². The molecule has 17 heavy (non-hydrogen) atoms. The molecule has 0 fully saturated rings. The quantitative estimate of drug-likeness (QED) is 0.789. The zero-order chi connectivity index (χ0) is 13.0. The van der Waals surface area contributed by atoms with Crippen LogP contribution in [0.3, 0.4) is 0 Å². The van der Waals surface area contributed by atoms with Gasteiger partial charge in [0.05, 0.1) is 0 Å². The summed E-state index contributed by atoms with van der Waals surface area (Å²) in [6.45, 7) is 8.41. The van der Waals surface area contributed by atoms with Crippen LogP contribution in [-0.2, 0) is 7.05 Å². The zero-order valence-corrected chi connectivity index (χ0v) is 11.5. The van der Waals surface area contributed by atoms with E-state index in [1.807, 2.05) is 4.90 Å². The van der Waals surface area contributed by atoms with Gasteiger partial charge >= 0.3 is 0 Å². The summed E-state index contributed by atoms with van der Waals surface area (Å²) in [5.41, 5.74) is 0.658. The number of carbonyl (C=O) groups excluding carboxylic acids is 1. The molecule has 1 amide bonds. The molecule has 0 aromatic carbocycles. The van der Waals surface area contributed by atoms with E-state index >= 15 is 0 Å². The summed E-state index contributed by atoms with van der Waals surface area (Å²) in [6.07, 6.45) is 3.60. The Morgan fingerprint density at radius 2 is 1.88 bits per heavy atom. The number of nitrogens with zero attached hydrogens (tertiary/aromatic N) is 3. The van der Waals surface area contributed by atoms with Crippen molar-refractivity contribution in [1.29, 1.82) is 0 Å². The highest BCUT2D eigenvalue weighted by Gasteiger charge is 2.26. The maximum absolute atomic E-state index is 12.5. The molecular formula is C13H23N3O. The summed E-state index contributed by atoms with van der Waals surface area (Å²) < 4.78 is 1.64. The van der Waals surface area contributed by atoms with Crippen molar-refractivity contribution in [1.82, 2.24) is 14.7 Å². The molecule has 0 bridgehead atoms. The standard InChI is InChI=1S/C13H23N3O/c1-6-10(3)16(11(4)7-2)13(17)12-8-9-14-15(12)5/h8-11H,6-7H2,1-5H3/t10-,11+. The molecule has 0 saturated heterocycles. The van der Waals surface area contributed by atoms with Crippen molar-refractivity contribution in [3.8, 4) is 0 Å². The Labute approximate surface area is 104 Å². The van der Waals surface area contributed by atoms with Gasteiger partial charge in [0, 0.05) is 25.3 Å². The van der Waals surface area contributed by atoms with Gasteiger partial charge in [0.15, 0.2) is 0 Å². The Balaban J connectivity index is 2.99. The largest absolute Gasteiger partial charge is 0.332 e. The summed E-state index contributed by atoms with van der Waals surface area (Å²) in [6, 6.07) is 2.29. The van der Waals surface area contributed by atoms with Crippen molar-refractivity contribution < 1.29 is 4.79 Å². The van der Waals surface area contributed by atoms with Crippen LogP contribution in [0.15, 0.2) is 12.3 Å². The van der Waals surface area contributed by atoms with Gasteiger partial charge in [-0.05, 0) is 32.8 Å². The first-order chi connectivity index (χ1) is 8.02. The molecule has 0 radical (unpaired) electrons. The normalized spacial score (nSPS) is 14.4. The lowest BCUT2D eigenvalue weighted by Gasteiger charge is -2.33.